The minimum atomic E-state index is -3.32. The largest absolute Gasteiger partial charge is 0.351 e. The molecule has 1 amide bonds. The molecule has 1 unspecified atom stereocenters. The van der Waals surface area contributed by atoms with Crippen LogP contribution >= 0.6 is 11.3 Å². The van der Waals surface area contributed by atoms with Crippen molar-refractivity contribution < 1.29 is 13.2 Å². The van der Waals surface area contributed by atoms with Crippen molar-refractivity contribution in [2.75, 3.05) is 24.2 Å². The number of sulfone groups is 1. The van der Waals surface area contributed by atoms with Crippen molar-refractivity contribution in [3.05, 3.63) is 18.2 Å². The Kier molecular flexibility index (Phi) is 4.53. The van der Waals surface area contributed by atoms with Crippen LogP contribution in [0.2, 0.25) is 0 Å². The Balaban J connectivity index is 1.83. The fourth-order valence-corrected chi connectivity index (χ4v) is 4.89. The lowest BCUT2D eigenvalue weighted by Gasteiger charge is -2.23. The molecule has 8 heteroatoms. The van der Waals surface area contributed by atoms with Gasteiger partial charge in [-0.1, -0.05) is 17.4 Å². The summed E-state index contributed by atoms with van der Waals surface area (Å²) in [6.45, 7) is 7.26. The second kappa shape index (κ2) is 6.25. The van der Waals surface area contributed by atoms with Crippen LogP contribution in [-0.4, -0.2) is 44.2 Å². The fourth-order valence-electron chi connectivity index (χ4n) is 2.97. The summed E-state index contributed by atoms with van der Waals surface area (Å²) in [7, 11) is -3.32. The van der Waals surface area contributed by atoms with Gasteiger partial charge in [0.15, 0.2) is 15.0 Å². The lowest BCUT2D eigenvalue weighted by atomic mass is 10.0. The molecular formula is C17H23N3O3S2. The Morgan fingerprint density at radius 2 is 2.08 bits per heavy atom. The van der Waals surface area contributed by atoms with E-state index in [1.54, 1.807) is 12.1 Å². The minimum absolute atomic E-state index is 0.0629. The standard InChI is InChI=1S/C17H23N3O3S2/c1-17(2,3)19-15(21)11-8-9-20(10-11)16-18-14-12(24-16)6-5-7-13(14)25(4,22)23/h5-7,11H,8-10H2,1-4H3,(H,19,21). The van der Waals surface area contributed by atoms with Crippen molar-refractivity contribution in [3.63, 3.8) is 0 Å². The van der Waals surface area contributed by atoms with Gasteiger partial charge in [0.05, 0.1) is 15.5 Å². The molecule has 0 saturated carbocycles. The molecule has 1 aromatic carbocycles. The molecule has 2 heterocycles. The van der Waals surface area contributed by atoms with Crippen molar-refractivity contribution in [3.8, 4) is 0 Å². The number of thiazole rings is 1. The van der Waals surface area contributed by atoms with E-state index in [4.69, 9.17) is 0 Å². The van der Waals surface area contributed by atoms with Gasteiger partial charge in [-0.2, -0.15) is 0 Å². The number of nitrogens with zero attached hydrogens (tertiary/aromatic N) is 2. The maximum Gasteiger partial charge on any atom is 0.225 e. The first-order valence-corrected chi connectivity index (χ1v) is 10.9. The third-order valence-electron chi connectivity index (χ3n) is 4.10. The molecule has 0 spiro atoms. The van der Waals surface area contributed by atoms with Gasteiger partial charge in [0, 0.05) is 24.9 Å². The third-order valence-corrected chi connectivity index (χ3v) is 6.31. The molecule has 1 aliphatic rings. The lowest BCUT2D eigenvalue weighted by molar-refractivity contribution is -0.125. The Morgan fingerprint density at radius 3 is 2.72 bits per heavy atom. The number of carbonyl (C=O) groups is 1. The number of fused-ring (bicyclic) bond motifs is 1. The number of benzene rings is 1. The van der Waals surface area contributed by atoms with E-state index in [1.807, 2.05) is 26.8 Å². The Hall–Kier alpha value is -1.67. The topological polar surface area (TPSA) is 79.4 Å². The van der Waals surface area contributed by atoms with Crippen molar-refractivity contribution >= 4 is 42.4 Å². The zero-order valence-electron chi connectivity index (χ0n) is 14.9. The number of rotatable bonds is 3. The number of aromatic nitrogens is 1. The number of hydrogen-bond acceptors (Lipinski definition) is 6. The van der Waals surface area contributed by atoms with Gasteiger partial charge in [-0.05, 0) is 39.3 Å². The van der Waals surface area contributed by atoms with E-state index < -0.39 is 9.84 Å². The van der Waals surface area contributed by atoms with Crippen LogP contribution in [0.4, 0.5) is 5.13 Å². The van der Waals surface area contributed by atoms with Gasteiger partial charge >= 0.3 is 0 Å². The molecule has 0 bridgehead atoms. The first-order chi connectivity index (χ1) is 11.5. The van der Waals surface area contributed by atoms with E-state index in [1.165, 1.54) is 17.6 Å². The molecule has 1 aromatic heterocycles. The van der Waals surface area contributed by atoms with Gasteiger partial charge in [-0.25, -0.2) is 13.4 Å². The summed E-state index contributed by atoms with van der Waals surface area (Å²) in [5.74, 6) is -0.00597. The molecule has 1 atom stereocenters. The van der Waals surface area contributed by atoms with E-state index in [2.05, 4.69) is 15.2 Å². The van der Waals surface area contributed by atoms with Crippen LogP contribution in [0.1, 0.15) is 27.2 Å². The molecule has 1 saturated heterocycles. The Morgan fingerprint density at radius 1 is 1.36 bits per heavy atom. The molecule has 136 valence electrons. The van der Waals surface area contributed by atoms with E-state index in [9.17, 15) is 13.2 Å². The highest BCUT2D eigenvalue weighted by Gasteiger charge is 2.31. The van der Waals surface area contributed by atoms with Crippen LogP contribution in [0.5, 0.6) is 0 Å². The second-order valence-electron chi connectivity index (χ2n) is 7.54. The summed E-state index contributed by atoms with van der Waals surface area (Å²) in [5.41, 5.74) is 0.276. The third kappa shape index (κ3) is 3.95. The van der Waals surface area contributed by atoms with Crippen LogP contribution in [-0.2, 0) is 14.6 Å². The van der Waals surface area contributed by atoms with Crippen molar-refractivity contribution in [1.29, 1.82) is 0 Å². The summed E-state index contributed by atoms with van der Waals surface area (Å²) in [4.78, 5) is 19.3. The molecule has 0 radical (unpaired) electrons. The van der Waals surface area contributed by atoms with Crippen LogP contribution < -0.4 is 10.2 Å². The van der Waals surface area contributed by atoms with E-state index >= 15 is 0 Å². The molecule has 0 aliphatic carbocycles. The summed E-state index contributed by atoms with van der Waals surface area (Å²) < 4.78 is 24.7. The first-order valence-electron chi connectivity index (χ1n) is 8.21. The smallest absolute Gasteiger partial charge is 0.225 e. The monoisotopic (exact) mass is 381 g/mol. The highest BCUT2D eigenvalue weighted by molar-refractivity contribution is 7.91. The zero-order valence-corrected chi connectivity index (χ0v) is 16.5. The number of anilines is 1. The summed E-state index contributed by atoms with van der Waals surface area (Å²) >= 11 is 1.47. The van der Waals surface area contributed by atoms with Gasteiger partial charge in [-0.15, -0.1) is 0 Å². The van der Waals surface area contributed by atoms with Crippen molar-refractivity contribution in [1.82, 2.24) is 10.3 Å². The number of amides is 1. The molecule has 3 rings (SSSR count). The second-order valence-corrected chi connectivity index (χ2v) is 10.5. The van der Waals surface area contributed by atoms with Crippen LogP contribution in [0.25, 0.3) is 10.2 Å². The molecule has 1 N–H and O–H groups in total. The molecule has 1 fully saturated rings. The number of nitrogens with one attached hydrogen (secondary N) is 1. The van der Waals surface area contributed by atoms with E-state index in [-0.39, 0.29) is 22.3 Å². The van der Waals surface area contributed by atoms with E-state index in [0.717, 1.165) is 22.8 Å². The summed E-state index contributed by atoms with van der Waals surface area (Å²) in [6.07, 6.45) is 1.97. The molecular weight excluding hydrogens is 358 g/mol. The van der Waals surface area contributed by atoms with E-state index in [0.29, 0.717) is 12.1 Å². The van der Waals surface area contributed by atoms with Gasteiger partial charge in [0.2, 0.25) is 5.91 Å². The van der Waals surface area contributed by atoms with Gasteiger partial charge < -0.3 is 10.2 Å². The van der Waals surface area contributed by atoms with Crippen LogP contribution in [0.3, 0.4) is 0 Å². The normalized spacial score (nSPS) is 18.7. The predicted molar refractivity (Wildman–Crippen MR) is 101 cm³/mol. The highest BCUT2D eigenvalue weighted by Crippen LogP contribution is 2.34. The van der Waals surface area contributed by atoms with Crippen LogP contribution in [0, 0.1) is 5.92 Å². The van der Waals surface area contributed by atoms with Gasteiger partial charge in [0.1, 0.15) is 5.52 Å². The average molecular weight is 382 g/mol. The summed E-state index contributed by atoms with van der Waals surface area (Å²) in [5, 5.41) is 3.80. The average Bonchev–Trinajstić information content (AvgIpc) is 3.10. The first kappa shape index (κ1) is 18.1. The predicted octanol–water partition coefficient (Wildman–Crippen LogP) is 2.44. The molecule has 1 aliphatic heterocycles. The highest BCUT2D eigenvalue weighted by atomic mass is 32.2. The van der Waals surface area contributed by atoms with Crippen LogP contribution in [0.15, 0.2) is 23.1 Å². The van der Waals surface area contributed by atoms with Crippen molar-refractivity contribution in [2.24, 2.45) is 5.92 Å². The molecule has 2 aromatic rings. The number of para-hydroxylation sites is 1. The Bertz CT molecular complexity index is 913. The van der Waals surface area contributed by atoms with Gasteiger partial charge in [-0.3, -0.25) is 4.79 Å². The quantitative estimate of drug-likeness (QED) is 0.883. The Labute approximate surface area is 152 Å². The molecule has 6 nitrogen and oxygen atoms in total. The maximum absolute atomic E-state index is 12.4. The van der Waals surface area contributed by atoms with Crippen molar-refractivity contribution in [2.45, 2.75) is 37.6 Å². The van der Waals surface area contributed by atoms with Gasteiger partial charge in [0.25, 0.3) is 0 Å². The zero-order chi connectivity index (χ0) is 18.4. The SMILES string of the molecule is CC(C)(C)NC(=O)C1CCN(c2nc3c(S(C)(=O)=O)cccc3s2)C1. The maximum atomic E-state index is 12.4. The summed E-state index contributed by atoms with van der Waals surface area (Å²) in [6, 6.07) is 5.21. The molecule has 25 heavy (non-hydrogen) atoms. The minimum Gasteiger partial charge on any atom is -0.351 e. The lowest BCUT2D eigenvalue weighted by Crippen LogP contribution is -2.44. The number of hydrogen-bond donors (Lipinski definition) is 1. The number of carbonyl (C=O) groups excluding carboxylic acids is 1. The fraction of sp³-hybridized carbons (Fsp3) is 0.529.